The number of aromatic hydroxyl groups is 2. The van der Waals surface area contributed by atoms with Crippen LogP contribution in [0.3, 0.4) is 0 Å². The summed E-state index contributed by atoms with van der Waals surface area (Å²) in [6.07, 6.45) is 0. The van der Waals surface area contributed by atoms with Crippen LogP contribution in [0.15, 0.2) is 29.8 Å². The molecule has 1 aromatic carbocycles. The van der Waals surface area contributed by atoms with Gasteiger partial charge in [-0.05, 0) is 18.6 Å². The van der Waals surface area contributed by atoms with E-state index in [0.717, 1.165) is 11.3 Å². The fourth-order valence-electron chi connectivity index (χ4n) is 4.31. The van der Waals surface area contributed by atoms with E-state index in [0.29, 0.717) is 28.8 Å². The van der Waals surface area contributed by atoms with Gasteiger partial charge < -0.3 is 15.5 Å². The van der Waals surface area contributed by atoms with Crippen molar-refractivity contribution in [1.82, 2.24) is 9.88 Å². The van der Waals surface area contributed by atoms with Crippen LogP contribution in [0.2, 0.25) is 0 Å². The highest BCUT2D eigenvalue weighted by Gasteiger charge is 2.52. The maximum absolute atomic E-state index is 12.5. The predicted molar refractivity (Wildman–Crippen MR) is 89.1 cm³/mol. The van der Waals surface area contributed by atoms with Crippen LogP contribution < -0.4 is 10.6 Å². The summed E-state index contributed by atoms with van der Waals surface area (Å²) in [5, 5.41) is 26.9. The van der Waals surface area contributed by atoms with E-state index in [1.54, 1.807) is 6.92 Å². The Hall–Kier alpha value is -3.22. The molecule has 1 fully saturated rings. The van der Waals surface area contributed by atoms with Gasteiger partial charge in [-0.3, -0.25) is 19.5 Å². The lowest BCUT2D eigenvalue weighted by Gasteiger charge is -2.24. The second-order valence-electron chi connectivity index (χ2n) is 6.42. The quantitative estimate of drug-likeness (QED) is 0.592. The van der Waals surface area contributed by atoms with Gasteiger partial charge >= 0.3 is 0 Å². The van der Waals surface area contributed by atoms with Crippen molar-refractivity contribution >= 4 is 23.1 Å². The number of fused-ring (bicyclic) bond motifs is 7. The molecule has 2 aliphatic heterocycles. The molecule has 25 heavy (non-hydrogen) atoms. The fraction of sp³-hybridized carbons (Fsp3) is 0.222. The predicted octanol–water partition coefficient (Wildman–Crippen LogP) is 1.59. The zero-order valence-corrected chi connectivity index (χ0v) is 13.3. The Morgan fingerprint density at radius 3 is 2.56 bits per heavy atom. The first-order valence-corrected chi connectivity index (χ1v) is 8.14. The molecule has 0 bridgehead atoms. The van der Waals surface area contributed by atoms with Crippen LogP contribution in [-0.2, 0) is 16.1 Å². The molecule has 5 rings (SSSR count). The molecule has 4 N–H and O–H groups in total. The van der Waals surface area contributed by atoms with Crippen LogP contribution in [0.1, 0.15) is 35.6 Å². The van der Waals surface area contributed by atoms with Gasteiger partial charge in [0.15, 0.2) is 11.8 Å². The zero-order valence-electron chi connectivity index (χ0n) is 13.3. The van der Waals surface area contributed by atoms with Gasteiger partial charge in [0.05, 0.1) is 12.0 Å². The van der Waals surface area contributed by atoms with E-state index in [4.69, 9.17) is 0 Å². The van der Waals surface area contributed by atoms with Gasteiger partial charge in [-0.2, -0.15) is 0 Å². The van der Waals surface area contributed by atoms with E-state index < -0.39 is 23.8 Å². The van der Waals surface area contributed by atoms with E-state index in [-0.39, 0.29) is 11.8 Å². The molecule has 3 aliphatic rings. The van der Waals surface area contributed by atoms with Gasteiger partial charge in [0.2, 0.25) is 5.91 Å². The summed E-state index contributed by atoms with van der Waals surface area (Å²) in [5.41, 5.74) is 3.49. The zero-order chi connectivity index (χ0) is 17.5. The molecular weight excluding hydrogens is 322 g/mol. The van der Waals surface area contributed by atoms with Crippen molar-refractivity contribution in [1.29, 1.82) is 0 Å². The Balaban J connectivity index is 1.89. The molecule has 0 radical (unpaired) electrons. The first-order chi connectivity index (χ1) is 12.0. The third-order valence-electron chi connectivity index (χ3n) is 5.31. The lowest BCUT2D eigenvalue weighted by atomic mass is 9.77. The van der Waals surface area contributed by atoms with Crippen LogP contribution in [0.5, 0.6) is 11.8 Å². The molecule has 2 unspecified atom stereocenters. The second kappa shape index (κ2) is 4.44. The largest absolute Gasteiger partial charge is 0.494 e. The molecule has 1 aromatic heterocycles. The summed E-state index contributed by atoms with van der Waals surface area (Å²) >= 11 is 0. The lowest BCUT2D eigenvalue weighted by molar-refractivity contribution is -0.124. The minimum atomic E-state index is -0.902. The first kappa shape index (κ1) is 14.2. The van der Waals surface area contributed by atoms with Crippen molar-refractivity contribution in [3.63, 3.8) is 0 Å². The summed E-state index contributed by atoms with van der Waals surface area (Å²) in [6.45, 7) is 2.13. The standard InChI is InChI=1S/C18H15N3O4/c1-2-21-17(24)12-11-10(15(22)20-16(11)23)9-7-5-3-4-6-8(7)19-14(9)13(12)18(21)25/h3-6,11,14,19,24-25H,2H2,1H3,(H,20,22,23). The Labute approximate surface area is 142 Å². The van der Waals surface area contributed by atoms with Gasteiger partial charge in [0.25, 0.3) is 5.91 Å². The number of imide groups is 1. The van der Waals surface area contributed by atoms with Gasteiger partial charge in [0.1, 0.15) is 0 Å². The minimum absolute atomic E-state index is 0.0796. The van der Waals surface area contributed by atoms with E-state index in [1.165, 1.54) is 4.57 Å². The van der Waals surface area contributed by atoms with Crippen LogP contribution in [0.25, 0.3) is 5.57 Å². The van der Waals surface area contributed by atoms with Crippen molar-refractivity contribution in [2.24, 2.45) is 0 Å². The number of rotatable bonds is 1. The summed E-state index contributed by atoms with van der Waals surface area (Å²) in [5.74, 6) is -2.06. The smallest absolute Gasteiger partial charge is 0.255 e. The summed E-state index contributed by atoms with van der Waals surface area (Å²) in [4.78, 5) is 24.9. The molecule has 0 spiro atoms. The Kier molecular flexibility index (Phi) is 2.51. The monoisotopic (exact) mass is 337 g/mol. The van der Waals surface area contributed by atoms with Crippen molar-refractivity contribution < 1.29 is 19.8 Å². The average molecular weight is 337 g/mol. The number of nitrogens with one attached hydrogen (secondary N) is 2. The van der Waals surface area contributed by atoms with E-state index >= 15 is 0 Å². The van der Waals surface area contributed by atoms with E-state index in [9.17, 15) is 19.8 Å². The highest BCUT2D eigenvalue weighted by Crippen LogP contribution is 2.58. The molecule has 2 amide bonds. The van der Waals surface area contributed by atoms with Crippen molar-refractivity contribution in [2.45, 2.75) is 25.4 Å². The molecule has 2 atom stereocenters. The van der Waals surface area contributed by atoms with Crippen LogP contribution in [0.4, 0.5) is 5.69 Å². The van der Waals surface area contributed by atoms with Gasteiger partial charge in [-0.15, -0.1) is 0 Å². The number of benzene rings is 1. The van der Waals surface area contributed by atoms with Gasteiger partial charge in [-0.25, -0.2) is 0 Å². The number of anilines is 1. The Morgan fingerprint density at radius 2 is 1.80 bits per heavy atom. The number of hydrogen-bond donors (Lipinski definition) is 4. The van der Waals surface area contributed by atoms with Crippen LogP contribution >= 0.6 is 0 Å². The maximum atomic E-state index is 12.5. The molecule has 1 saturated heterocycles. The number of aromatic nitrogens is 1. The number of carbonyl (C=O) groups is 2. The molecule has 1 aliphatic carbocycles. The SMILES string of the molecule is CCn1c(O)c2c(c1O)C1C(=O)NC(=O)C1=C1c3ccccc3NC12. The molecule has 7 nitrogen and oxygen atoms in total. The van der Waals surface area contributed by atoms with E-state index in [2.05, 4.69) is 10.6 Å². The highest BCUT2D eigenvalue weighted by atomic mass is 16.3. The van der Waals surface area contributed by atoms with Crippen LogP contribution in [0, 0.1) is 0 Å². The normalized spacial score (nSPS) is 22.9. The van der Waals surface area contributed by atoms with Crippen molar-refractivity contribution in [3.05, 3.63) is 46.5 Å². The second-order valence-corrected chi connectivity index (χ2v) is 6.42. The number of nitrogens with zero attached hydrogens (tertiary/aromatic N) is 1. The third-order valence-corrected chi connectivity index (χ3v) is 5.31. The summed E-state index contributed by atoms with van der Waals surface area (Å²) in [6, 6.07) is 7.04. The van der Waals surface area contributed by atoms with Gasteiger partial charge in [-0.1, -0.05) is 18.2 Å². The Morgan fingerprint density at radius 1 is 1.08 bits per heavy atom. The molecule has 0 saturated carbocycles. The fourth-order valence-corrected chi connectivity index (χ4v) is 4.31. The van der Waals surface area contributed by atoms with Crippen molar-refractivity contribution in [2.75, 3.05) is 5.32 Å². The minimum Gasteiger partial charge on any atom is -0.494 e. The number of amides is 2. The topological polar surface area (TPSA) is 104 Å². The molecular formula is C18H15N3O4. The molecule has 2 aromatic rings. The Bertz CT molecular complexity index is 1020. The average Bonchev–Trinajstić information content (AvgIpc) is 3.18. The highest BCUT2D eigenvalue weighted by molar-refractivity contribution is 6.23. The first-order valence-electron chi connectivity index (χ1n) is 8.14. The molecule has 7 heteroatoms. The maximum Gasteiger partial charge on any atom is 0.255 e. The number of para-hydroxylation sites is 1. The summed E-state index contributed by atoms with van der Waals surface area (Å²) in [7, 11) is 0. The molecule has 3 heterocycles. The van der Waals surface area contributed by atoms with E-state index in [1.807, 2.05) is 24.3 Å². The van der Waals surface area contributed by atoms with Crippen LogP contribution in [-0.4, -0.2) is 26.6 Å². The number of hydrogen-bond acceptors (Lipinski definition) is 5. The third kappa shape index (κ3) is 1.51. The number of carbonyl (C=O) groups excluding carboxylic acids is 2. The lowest BCUT2D eigenvalue weighted by Crippen LogP contribution is -2.22. The van der Waals surface area contributed by atoms with Gasteiger partial charge in [0, 0.05) is 34.5 Å². The summed E-state index contributed by atoms with van der Waals surface area (Å²) < 4.78 is 1.35. The van der Waals surface area contributed by atoms with Crippen molar-refractivity contribution in [3.8, 4) is 11.8 Å². The molecule has 126 valence electrons.